The van der Waals surface area contributed by atoms with Crippen molar-refractivity contribution in [3.05, 3.63) is 65.2 Å². The van der Waals surface area contributed by atoms with Crippen LogP contribution in [0.4, 0.5) is 8.78 Å². The van der Waals surface area contributed by atoms with Crippen molar-refractivity contribution in [1.29, 1.82) is 5.26 Å². The van der Waals surface area contributed by atoms with Gasteiger partial charge in [-0.3, -0.25) is 9.69 Å². The minimum atomic E-state index is -2.55. The molecule has 27 heavy (non-hydrogen) atoms. The van der Waals surface area contributed by atoms with Crippen LogP contribution in [-0.2, 0) is 6.54 Å². The van der Waals surface area contributed by atoms with Crippen LogP contribution in [0.25, 0.3) is 0 Å². The lowest BCUT2D eigenvalue weighted by molar-refractivity contribution is 0.0625. The molecule has 7 heteroatoms. The second-order valence-corrected chi connectivity index (χ2v) is 7.28. The van der Waals surface area contributed by atoms with E-state index >= 15 is 0 Å². The maximum atomic E-state index is 12.8. The maximum Gasteiger partial charge on any atom is 0.288 e. The van der Waals surface area contributed by atoms with Gasteiger partial charge in [0.05, 0.1) is 17.2 Å². The number of carbonyl (C=O) groups excluding carboxylic acids is 1. The average Bonchev–Trinajstić information content (AvgIpc) is 2.69. The van der Waals surface area contributed by atoms with Crippen LogP contribution in [0.3, 0.4) is 0 Å². The third-order valence-electron chi connectivity index (χ3n) is 4.48. The van der Waals surface area contributed by atoms with Crippen molar-refractivity contribution < 1.29 is 13.6 Å². The summed E-state index contributed by atoms with van der Waals surface area (Å²) >= 11 is 0.409. The molecule has 0 unspecified atom stereocenters. The molecule has 1 aliphatic heterocycles. The van der Waals surface area contributed by atoms with Crippen molar-refractivity contribution in [3.63, 3.8) is 0 Å². The third-order valence-corrected chi connectivity index (χ3v) is 5.27. The van der Waals surface area contributed by atoms with Crippen LogP contribution in [0.1, 0.15) is 21.5 Å². The fraction of sp³-hybridized carbons (Fsp3) is 0.300. The largest absolute Gasteiger partial charge is 0.336 e. The zero-order valence-corrected chi connectivity index (χ0v) is 15.5. The molecule has 2 aromatic carbocycles. The average molecular weight is 387 g/mol. The van der Waals surface area contributed by atoms with E-state index in [1.54, 1.807) is 41.3 Å². The third kappa shape index (κ3) is 5.06. The molecule has 0 aromatic heterocycles. The van der Waals surface area contributed by atoms with Gasteiger partial charge in [0.1, 0.15) is 0 Å². The summed E-state index contributed by atoms with van der Waals surface area (Å²) in [6, 6.07) is 16.1. The number of nitriles is 1. The summed E-state index contributed by atoms with van der Waals surface area (Å²) in [5.41, 5.74) is 2.09. The quantitative estimate of drug-likeness (QED) is 0.732. The predicted molar refractivity (Wildman–Crippen MR) is 101 cm³/mol. The Morgan fingerprint density at radius 1 is 1.07 bits per heavy atom. The number of nitrogens with zero attached hydrogens (tertiary/aromatic N) is 3. The summed E-state index contributed by atoms with van der Waals surface area (Å²) in [7, 11) is 0. The lowest BCUT2D eigenvalue weighted by atomic mass is 10.1. The van der Waals surface area contributed by atoms with Crippen molar-refractivity contribution in [3.8, 4) is 6.07 Å². The number of piperazine rings is 1. The summed E-state index contributed by atoms with van der Waals surface area (Å²) in [5.74, 6) is -2.75. The van der Waals surface area contributed by atoms with Crippen molar-refractivity contribution in [2.75, 3.05) is 26.2 Å². The zero-order valence-electron chi connectivity index (χ0n) is 14.6. The van der Waals surface area contributed by atoms with E-state index < -0.39 is 5.76 Å². The summed E-state index contributed by atoms with van der Waals surface area (Å²) in [6.45, 7) is 3.31. The molecular formula is C20H19F2N3OS. The van der Waals surface area contributed by atoms with Crippen molar-refractivity contribution in [2.24, 2.45) is 0 Å². The molecule has 0 atom stereocenters. The van der Waals surface area contributed by atoms with E-state index in [4.69, 9.17) is 5.26 Å². The molecule has 1 fully saturated rings. The van der Waals surface area contributed by atoms with Gasteiger partial charge in [-0.25, -0.2) is 0 Å². The van der Waals surface area contributed by atoms with Gasteiger partial charge in [0.2, 0.25) is 0 Å². The SMILES string of the molecule is N#Cc1ccc(CN2CCN(C(=O)c3ccccc3SC(F)F)CC2)cc1. The zero-order chi connectivity index (χ0) is 19.2. The van der Waals surface area contributed by atoms with Crippen LogP contribution >= 0.6 is 11.8 Å². The van der Waals surface area contributed by atoms with E-state index in [1.807, 2.05) is 12.1 Å². The number of halogens is 2. The van der Waals surface area contributed by atoms with E-state index in [1.165, 1.54) is 0 Å². The minimum Gasteiger partial charge on any atom is -0.336 e. The number of rotatable bonds is 5. The number of hydrogen-bond donors (Lipinski definition) is 0. The molecule has 0 bridgehead atoms. The van der Waals surface area contributed by atoms with E-state index in [0.29, 0.717) is 40.9 Å². The number of thioether (sulfide) groups is 1. The van der Waals surface area contributed by atoms with Crippen LogP contribution in [0.15, 0.2) is 53.4 Å². The van der Waals surface area contributed by atoms with Crippen LogP contribution in [0, 0.1) is 11.3 Å². The van der Waals surface area contributed by atoms with Crippen molar-refractivity contribution in [2.45, 2.75) is 17.2 Å². The van der Waals surface area contributed by atoms with Gasteiger partial charge < -0.3 is 4.90 Å². The predicted octanol–water partition coefficient (Wildman–Crippen LogP) is 3.83. The number of carbonyl (C=O) groups is 1. The number of amides is 1. The fourth-order valence-corrected chi connectivity index (χ4v) is 3.70. The Morgan fingerprint density at radius 3 is 2.37 bits per heavy atom. The van der Waals surface area contributed by atoms with E-state index in [0.717, 1.165) is 25.2 Å². The molecule has 3 rings (SSSR count). The van der Waals surface area contributed by atoms with Gasteiger partial charge in [-0.15, -0.1) is 0 Å². The van der Waals surface area contributed by atoms with Gasteiger partial charge in [0.15, 0.2) is 0 Å². The molecule has 0 N–H and O–H groups in total. The molecule has 140 valence electrons. The van der Waals surface area contributed by atoms with Crippen molar-refractivity contribution >= 4 is 17.7 Å². The molecule has 1 saturated heterocycles. The smallest absolute Gasteiger partial charge is 0.288 e. The highest BCUT2D eigenvalue weighted by molar-refractivity contribution is 7.99. The van der Waals surface area contributed by atoms with Gasteiger partial charge >= 0.3 is 0 Å². The summed E-state index contributed by atoms with van der Waals surface area (Å²) in [4.78, 5) is 17.0. The highest BCUT2D eigenvalue weighted by atomic mass is 32.2. The topological polar surface area (TPSA) is 47.3 Å². The van der Waals surface area contributed by atoms with E-state index in [9.17, 15) is 13.6 Å². The normalized spacial score (nSPS) is 15.0. The molecule has 4 nitrogen and oxygen atoms in total. The first-order chi connectivity index (χ1) is 13.1. The van der Waals surface area contributed by atoms with E-state index in [2.05, 4.69) is 11.0 Å². The number of hydrogen-bond acceptors (Lipinski definition) is 4. The van der Waals surface area contributed by atoms with Gasteiger partial charge in [0, 0.05) is 37.6 Å². The Kier molecular flexibility index (Phi) is 6.43. The summed E-state index contributed by atoms with van der Waals surface area (Å²) in [6.07, 6.45) is 0. The Balaban J connectivity index is 1.59. The molecule has 0 spiro atoms. The first-order valence-electron chi connectivity index (χ1n) is 8.61. The van der Waals surface area contributed by atoms with Gasteiger partial charge in [-0.2, -0.15) is 14.0 Å². The molecular weight excluding hydrogens is 368 g/mol. The standard InChI is InChI=1S/C20H19F2N3OS/c21-20(22)27-18-4-2-1-3-17(18)19(26)25-11-9-24(10-12-25)14-16-7-5-15(13-23)6-8-16/h1-8,20H,9-12,14H2. The second kappa shape index (κ2) is 8.98. The van der Waals surface area contributed by atoms with Crippen LogP contribution in [0.5, 0.6) is 0 Å². The van der Waals surface area contributed by atoms with Crippen molar-refractivity contribution in [1.82, 2.24) is 9.80 Å². The molecule has 1 heterocycles. The molecule has 2 aromatic rings. The highest BCUT2D eigenvalue weighted by Crippen LogP contribution is 2.29. The Labute approximate surface area is 161 Å². The molecule has 0 radical (unpaired) electrons. The number of benzene rings is 2. The molecule has 1 amide bonds. The summed E-state index contributed by atoms with van der Waals surface area (Å²) in [5, 5.41) is 8.85. The van der Waals surface area contributed by atoms with Crippen LogP contribution in [-0.4, -0.2) is 47.6 Å². The highest BCUT2D eigenvalue weighted by Gasteiger charge is 2.24. The van der Waals surface area contributed by atoms with Crippen LogP contribution in [0.2, 0.25) is 0 Å². The summed E-state index contributed by atoms with van der Waals surface area (Å²) < 4.78 is 25.5. The minimum absolute atomic E-state index is 0.197. The first-order valence-corrected chi connectivity index (χ1v) is 9.49. The Hall–Kier alpha value is -2.43. The molecule has 0 aliphatic carbocycles. The molecule has 0 saturated carbocycles. The Bertz CT molecular complexity index is 828. The maximum absolute atomic E-state index is 12.8. The first kappa shape index (κ1) is 19.3. The fourth-order valence-electron chi connectivity index (χ4n) is 3.06. The van der Waals surface area contributed by atoms with Gasteiger partial charge in [0.25, 0.3) is 11.7 Å². The van der Waals surface area contributed by atoms with Gasteiger partial charge in [-0.1, -0.05) is 36.0 Å². The lowest BCUT2D eigenvalue weighted by Gasteiger charge is -2.35. The van der Waals surface area contributed by atoms with Gasteiger partial charge in [-0.05, 0) is 29.8 Å². The number of alkyl halides is 2. The monoisotopic (exact) mass is 387 g/mol. The molecule has 1 aliphatic rings. The lowest BCUT2D eigenvalue weighted by Crippen LogP contribution is -2.48. The van der Waals surface area contributed by atoms with Crippen LogP contribution < -0.4 is 0 Å². The van der Waals surface area contributed by atoms with E-state index in [-0.39, 0.29) is 5.91 Å². The Morgan fingerprint density at radius 2 is 1.74 bits per heavy atom. The second-order valence-electron chi connectivity index (χ2n) is 6.25.